The minimum absolute atomic E-state index is 0.153. The molecule has 0 saturated carbocycles. The Morgan fingerprint density at radius 1 is 1.35 bits per heavy atom. The van der Waals surface area contributed by atoms with Crippen LogP contribution in [0.3, 0.4) is 0 Å². The van der Waals surface area contributed by atoms with Crippen molar-refractivity contribution in [2.45, 2.75) is 0 Å². The van der Waals surface area contributed by atoms with Gasteiger partial charge in [-0.1, -0.05) is 11.6 Å². The molecule has 0 unspecified atom stereocenters. The molecular weight excluding hydrogens is 307 g/mol. The van der Waals surface area contributed by atoms with Crippen molar-refractivity contribution in [1.29, 1.82) is 5.26 Å². The maximum Gasteiger partial charge on any atom is 0.223 e. The summed E-state index contributed by atoms with van der Waals surface area (Å²) in [5.41, 5.74) is 16.3. The first-order chi connectivity index (χ1) is 7.93. The Hall–Kier alpha value is -1.78. The number of aliphatic imine (C=N–C) groups is 2. The van der Waals surface area contributed by atoms with Gasteiger partial charge in [-0.2, -0.15) is 10.3 Å². The Labute approximate surface area is 111 Å². The second-order valence-electron chi connectivity index (χ2n) is 2.90. The highest BCUT2D eigenvalue weighted by Gasteiger charge is 2.06. The lowest BCUT2D eigenvalue weighted by molar-refractivity contribution is 1.36. The predicted octanol–water partition coefficient (Wildman–Crippen LogP) is 1.19. The van der Waals surface area contributed by atoms with Crippen molar-refractivity contribution in [2.75, 3.05) is 0 Å². The lowest BCUT2D eigenvalue weighted by Gasteiger charge is -2.02. The van der Waals surface area contributed by atoms with Crippen LogP contribution in [0.5, 0.6) is 0 Å². The second-order valence-corrected chi connectivity index (χ2v) is 4.16. The zero-order valence-electron chi connectivity index (χ0n) is 8.48. The first-order valence-corrected chi connectivity index (χ1v) is 5.44. The number of nitrogens with two attached hydrogens (primary N) is 3. The standard InChI is InChI=1S/C9H8BrClN6/c10-5-1-4(3-12)7(2-6(5)11)16-9(15)17-8(13)14/h1-2H,(H6,13,14,15,16,17). The van der Waals surface area contributed by atoms with E-state index in [1.165, 1.54) is 12.1 Å². The molecule has 6 N–H and O–H groups in total. The molecule has 0 aliphatic heterocycles. The highest BCUT2D eigenvalue weighted by Crippen LogP contribution is 2.30. The molecule has 0 spiro atoms. The molecule has 0 aliphatic carbocycles. The number of guanidine groups is 2. The van der Waals surface area contributed by atoms with Crippen LogP contribution >= 0.6 is 27.5 Å². The summed E-state index contributed by atoms with van der Waals surface area (Å²) in [4.78, 5) is 7.43. The van der Waals surface area contributed by atoms with Crippen LogP contribution in [0.2, 0.25) is 5.02 Å². The quantitative estimate of drug-likeness (QED) is 0.531. The molecule has 0 aliphatic rings. The third-order valence-electron chi connectivity index (χ3n) is 1.64. The Kier molecular flexibility index (Phi) is 4.31. The van der Waals surface area contributed by atoms with Gasteiger partial charge in [-0.05, 0) is 28.1 Å². The van der Waals surface area contributed by atoms with Crippen LogP contribution in [0.15, 0.2) is 26.6 Å². The Morgan fingerprint density at radius 3 is 2.53 bits per heavy atom. The van der Waals surface area contributed by atoms with Gasteiger partial charge in [-0.3, -0.25) is 0 Å². The summed E-state index contributed by atoms with van der Waals surface area (Å²) in [5.74, 6) is -0.368. The highest BCUT2D eigenvalue weighted by molar-refractivity contribution is 9.10. The molecule has 0 aromatic heterocycles. The molecule has 0 atom stereocenters. The normalized spacial score (nSPS) is 10.8. The van der Waals surface area contributed by atoms with E-state index >= 15 is 0 Å². The molecule has 0 fully saturated rings. The summed E-state index contributed by atoms with van der Waals surface area (Å²) in [6, 6.07) is 4.98. The van der Waals surface area contributed by atoms with Crippen molar-refractivity contribution in [1.82, 2.24) is 0 Å². The molecule has 1 aromatic rings. The molecule has 8 heteroatoms. The van der Waals surface area contributed by atoms with E-state index in [1.807, 2.05) is 6.07 Å². The third kappa shape index (κ3) is 3.62. The molecule has 1 rings (SSSR count). The zero-order chi connectivity index (χ0) is 13.0. The number of hydrogen-bond acceptors (Lipinski definition) is 2. The van der Waals surface area contributed by atoms with Gasteiger partial charge in [0.15, 0.2) is 5.96 Å². The Balaban J connectivity index is 3.28. The van der Waals surface area contributed by atoms with E-state index in [1.54, 1.807) is 0 Å². The molecule has 0 saturated heterocycles. The average Bonchev–Trinajstić information content (AvgIpc) is 2.21. The van der Waals surface area contributed by atoms with Crippen LogP contribution in [0.4, 0.5) is 5.69 Å². The van der Waals surface area contributed by atoms with Gasteiger partial charge in [0.2, 0.25) is 5.96 Å². The van der Waals surface area contributed by atoms with Crippen molar-refractivity contribution < 1.29 is 0 Å². The monoisotopic (exact) mass is 314 g/mol. The molecule has 0 bridgehead atoms. The number of halogens is 2. The number of hydrogen-bond donors (Lipinski definition) is 3. The van der Waals surface area contributed by atoms with Crippen LogP contribution in [0, 0.1) is 11.3 Å². The van der Waals surface area contributed by atoms with Crippen molar-refractivity contribution in [3.8, 4) is 6.07 Å². The fourth-order valence-electron chi connectivity index (χ4n) is 0.999. The molecule has 0 heterocycles. The summed E-state index contributed by atoms with van der Waals surface area (Å²) in [6.45, 7) is 0. The van der Waals surface area contributed by atoms with Gasteiger partial charge >= 0.3 is 0 Å². The van der Waals surface area contributed by atoms with Gasteiger partial charge in [0, 0.05) is 4.47 Å². The summed E-state index contributed by atoms with van der Waals surface area (Å²) < 4.78 is 0.593. The van der Waals surface area contributed by atoms with Crippen molar-refractivity contribution in [3.05, 3.63) is 27.2 Å². The minimum Gasteiger partial charge on any atom is -0.370 e. The summed E-state index contributed by atoms with van der Waals surface area (Å²) >= 11 is 9.08. The van der Waals surface area contributed by atoms with Crippen molar-refractivity contribution in [2.24, 2.45) is 27.2 Å². The first kappa shape index (κ1) is 13.3. The van der Waals surface area contributed by atoms with E-state index in [2.05, 4.69) is 25.9 Å². The molecular formula is C9H8BrClN6. The largest absolute Gasteiger partial charge is 0.370 e. The number of nitrogens with zero attached hydrogens (tertiary/aromatic N) is 3. The highest BCUT2D eigenvalue weighted by atomic mass is 79.9. The van der Waals surface area contributed by atoms with E-state index in [0.29, 0.717) is 20.7 Å². The van der Waals surface area contributed by atoms with Gasteiger partial charge in [-0.25, -0.2) is 4.99 Å². The molecule has 1 aromatic carbocycles. The topological polar surface area (TPSA) is 127 Å². The van der Waals surface area contributed by atoms with E-state index in [0.717, 1.165) is 0 Å². The minimum atomic E-state index is -0.215. The lowest BCUT2D eigenvalue weighted by Crippen LogP contribution is -2.26. The molecule has 0 amide bonds. The number of nitriles is 1. The van der Waals surface area contributed by atoms with Gasteiger partial charge in [0.25, 0.3) is 0 Å². The molecule has 88 valence electrons. The fraction of sp³-hybridized carbons (Fsp3) is 0. The Bertz CT molecular complexity index is 541. The SMILES string of the molecule is N#Cc1cc(Br)c(Cl)cc1N=C(N)N=C(N)N. The van der Waals surface area contributed by atoms with E-state index < -0.39 is 0 Å². The van der Waals surface area contributed by atoms with Crippen molar-refractivity contribution >= 4 is 45.1 Å². The molecule has 0 radical (unpaired) electrons. The van der Waals surface area contributed by atoms with E-state index in [-0.39, 0.29) is 11.9 Å². The maximum atomic E-state index is 8.92. The summed E-state index contributed by atoms with van der Waals surface area (Å²) in [6.07, 6.45) is 0. The van der Waals surface area contributed by atoms with E-state index in [9.17, 15) is 0 Å². The molecule has 6 nitrogen and oxygen atoms in total. The summed E-state index contributed by atoms with van der Waals surface area (Å²) in [7, 11) is 0. The van der Waals surface area contributed by atoms with Crippen LogP contribution in [-0.2, 0) is 0 Å². The van der Waals surface area contributed by atoms with Gasteiger partial charge in [0.05, 0.1) is 16.3 Å². The Morgan fingerprint density at radius 2 is 2.00 bits per heavy atom. The number of rotatable bonds is 1. The van der Waals surface area contributed by atoms with Gasteiger partial charge in [0.1, 0.15) is 6.07 Å². The average molecular weight is 316 g/mol. The lowest BCUT2D eigenvalue weighted by atomic mass is 10.2. The van der Waals surface area contributed by atoms with Crippen LogP contribution in [0.1, 0.15) is 5.56 Å². The van der Waals surface area contributed by atoms with Crippen molar-refractivity contribution in [3.63, 3.8) is 0 Å². The van der Waals surface area contributed by atoms with Crippen LogP contribution in [-0.4, -0.2) is 11.9 Å². The first-order valence-electron chi connectivity index (χ1n) is 4.27. The zero-order valence-corrected chi connectivity index (χ0v) is 10.8. The number of benzene rings is 1. The smallest absolute Gasteiger partial charge is 0.223 e. The van der Waals surface area contributed by atoms with Crippen LogP contribution in [0.25, 0.3) is 0 Å². The van der Waals surface area contributed by atoms with Gasteiger partial charge in [-0.15, -0.1) is 0 Å². The fourth-order valence-corrected chi connectivity index (χ4v) is 1.50. The third-order valence-corrected chi connectivity index (χ3v) is 2.83. The van der Waals surface area contributed by atoms with Gasteiger partial charge < -0.3 is 17.2 Å². The van der Waals surface area contributed by atoms with Crippen LogP contribution < -0.4 is 17.2 Å². The predicted molar refractivity (Wildman–Crippen MR) is 71.0 cm³/mol. The maximum absolute atomic E-state index is 8.92. The summed E-state index contributed by atoms with van der Waals surface area (Å²) in [5, 5.41) is 9.32. The molecule has 17 heavy (non-hydrogen) atoms. The van der Waals surface area contributed by atoms with E-state index in [4.69, 9.17) is 34.1 Å². The second kappa shape index (κ2) is 5.52.